The lowest BCUT2D eigenvalue weighted by molar-refractivity contribution is -0.154. The van der Waals surface area contributed by atoms with E-state index >= 15 is 0 Å². The highest BCUT2D eigenvalue weighted by molar-refractivity contribution is 7.92. The number of halogens is 1. The van der Waals surface area contributed by atoms with Crippen LogP contribution < -0.4 is 10.0 Å². The van der Waals surface area contributed by atoms with E-state index in [0.717, 1.165) is 17.9 Å². The summed E-state index contributed by atoms with van der Waals surface area (Å²) in [6.07, 6.45) is 1.54. The van der Waals surface area contributed by atoms with Crippen LogP contribution in [0.3, 0.4) is 0 Å². The third kappa shape index (κ3) is 8.78. The molecule has 0 fully saturated rings. The number of hydrogen-bond donors (Lipinski definition) is 2. The van der Waals surface area contributed by atoms with Crippen molar-refractivity contribution in [1.82, 2.24) is 5.32 Å². The van der Waals surface area contributed by atoms with E-state index in [4.69, 9.17) is 4.74 Å². The highest BCUT2D eigenvalue weighted by atomic mass is 32.2. The molecule has 0 heterocycles. The van der Waals surface area contributed by atoms with E-state index in [1.807, 2.05) is 30.3 Å². The molecule has 9 heteroatoms. The molecule has 2 aromatic carbocycles. The topological polar surface area (TPSA) is 102 Å². The lowest BCUT2D eigenvalue weighted by Crippen LogP contribution is -2.36. The molecule has 7 nitrogen and oxygen atoms in total. The number of ether oxygens (including phenoxy) is 1. The Hall–Kier alpha value is -2.94. The van der Waals surface area contributed by atoms with Gasteiger partial charge in [-0.1, -0.05) is 36.4 Å². The lowest BCUT2D eigenvalue weighted by atomic mass is 9.96. The standard InChI is InChI=1S/C25H33FN2O5S/c1-17(20-11-12-22(21(26)14-20)28-34(5,31)32)23(29)27-15-19(13-18-9-7-6-8-10-18)16-33-24(30)25(2,3)4/h6-12,14,17,19,28H,13,15-16H2,1-5H3,(H,27,29)/t17-,19-/m0/s1. The first kappa shape index (κ1) is 27.3. The van der Waals surface area contributed by atoms with E-state index in [-0.39, 0.29) is 36.6 Å². The van der Waals surface area contributed by atoms with Gasteiger partial charge < -0.3 is 10.1 Å². The maximum atomic E-state index is 14.3. The maximum absolute atomic E-state index is 14.3. The molecule has 34 heavy (non-hydrogen) atoms. The molecule has 0 unspecified atom stereocenters. The summed E-state index contributed by atoms with van der Waals surface area (Å²) in [6, 6.07) is 13.6. The van der Waals surface area contributed by atoms with Crippen LogP contribution in [0.2, 0.25) is 0 Å². The molecule has 0 aliphatic rings. The monoisotopic (exact) mass is 492 g/mol. The first-order valence-electron chi connectivity index (χ1n) is 11.0. The van der Waals surface area contributed by atoms with Crippen LogP contribution in [0.1, 0.15) is 44.7 Å². The van der Waals surface area contributed by atoms with E-state index in [1.54, 1.807) is 27.7 Å². The Morgan fingerprint density at radius 1 is 1.09 bits per heavy atom. The van der Waals surface area contributed by atoms with Crippen molar-refractivity contribution < 1.29 is 27.1 Å². The molecule has 0 saturated heterocycles. The van der Waals surface area contributed by atoms with Gasteiger partial charge in [0, 0.05) is 12.5 Å². The van der Waals surface area contributed by atoms with Gasteiger partial charge in [-0.2, -0.15) is 0 Å². The number of hydrogen-bond acceptors (Lipinski definition) is 5. The van der Waals surface area contributed by atoms with Gasteiger partial charge in [-0.3, -0.25) is 14.3 Å². The summed E-state index contributed by atoms with van der Waals surface area (Å²) in [6.45, 7) is 7.40. The first-order chi connectivity index (χ1) is 15.8. The maximum Gasteiger partial charge on any atom is 0.311 e. The third-order valence-corrected chi connectivity index (χ3v) is 5.77. The second kappa shape index (κ2) is 11.5. The molecular formula is C25H33FN2O5S. The van der Waals surface area contributed by atoms with Gasteiger partial charge in [0.2, 0.25) is 15.9 Å². The fourth-order valence-corrected chi connectivity index (χ4v) is 3.75. The van der Waals surface area contributed by atoms with Crippen molar-refractivity contribution in [3.63, 3.8) is 0 Å². The molecule has 0 aliphatic heterocycles. The summed E-state index contributed by atoms with van der Waals surface area (Å²) in [4.78, 5) is 25.0. The van der Waals surface area contributed by atoms with Crippen molar-refractivity contribution in [3.8, 4) is 0 Å². The molecule has 2 aromatic rings. The Bertz CT molecular complexity index is 1100. The van der Waals surface area contributed by atoms with Crippen molar-refractivity contribution in [1.29, 1.82) is 0 Å². The average Bonchev–Trinajstić information content (AvgIpc) is 2.75. The third-order valence-electron chi connectivity index (χ3n) is 5.18. The number of sulfonamides is 1. The molecule has 0 aromatic heterocycles. The Kier molecular flexibility index (Phi) is 9.21. The van der Waals surface area contributed by atoms with Gasteiger partial charge in [-0.15, -0.1) is 0 Å². The second-order valence-corrected chi connectivity index (χ2v) is 11.2. The van der Waals surface area contributed by atoms with E-state index in [9.17, 15) is 22.4 Å². The number of esters is 1. The summed E-state index contributed by atoms with van der Waals surface area (Å²) >= 11 is 0. The van der Waals surface area contributed by atoms with E-state index in [2.05, 4.69) is 10.0 Å². The summed E-state index contributed by atoms with van der Waals surface area (Å²) in [7, 11) is -3.62. The van der Waals surface area contributed by atoms with Crippen LogP contribution in [0, 0.1) is 17.2 Å². The minimum atomic E-state index is -3.62. The summed E-state index contributed by atoms with van der Waals surface area (Å²) in [5, 5.41) is 2.87. The predicted molar refractivity (Wildman–Crippen MR) is 130 cm³/mol. The predicted octanol–water partition coefficient (Wildman–Crippen LogP) is 3.87. The largest absolute Gasteiger partial charge is 0.465 e. The molecule has 0 spiro atoms. The number of benzene rings is 2. The number of anilines is 1. The fraction of sp³-hybridized carbons (Fsp3) is 0.440. The van der Waals surface area contributed by atoms with Gasteiger partial charge in [-0.25, -0.2) is 12.8 Å². The minimum absolute atomic E-state index is 0.150. The van der Waals surface area contributed by atoms with Crippen molar-refractivity contribution in [2.45, 2.75) is 40.0 Å². The number of rotatable bonds is 10. The zero-order valence-corrected chi connectivity index (χ0v) is 21.0. The van der Waals surface area contributed by atoms with E-state index in [1.165, 1.54) is 12.1 Å². The van der Waals surface area contributed by atoms with Crippen LogP contribution in [0.4, 0.5) is 10.1 Å². The molecule has 1 amide bonds. The van der Waals surface area contributed by atoms with Crippen LogP contribution in [0.15, 0.2) is 48.5 Å². The molecule has 0 bridgehead atoms. The van der Waals surface area contributed by atoms with Crippen LogP contribution >= 0.6 is 0 Å². The summed E-state index contributed by atoms with van der Waals surface area (Å²) in [5.41, 5.74) is 0.657. The average molecular weight is 493 g/mol. The number of carbonyl (C=O) groups is 2. The van der Waals surface area contributed by atoms with E-state index < -0.39 is 27.2 Å². The van der Waals surface area contributed by atoms with Gasteiger partial charge in [0.15, 0.2) is 0 Å². The normalized spacial score (nSPS) is 13.6. The fourth-order valence-electron chi connectivity index (χ4n) is 3.18. The number of amides is 1. The summed E-state index contributed by atoms with van der Waals surface area (Å²) < 4.78 is 44.6. The van der Waals surface area contributed by atoms with Crippen LogP contribution in [0.5, 0.6) is 0 Å². The van der Waals surface area contributed by atoms with Crippen LogP contribution in [0.25, 0.3) is 0 Å². The molecule has 2 rings (SSSR count). The van der Waals surface area contributed by atoms with Crippen LogP contribution in [-0.2, 0) is 30.8 Å². The highest BCUT2D eigenvalue weighted by Gasteiger charge is 2.25. The minimum Gasteiger partial charge on any atom is -0.465 e. The van der Waals surface area contributed by atoms with Gasteiger partial charge in [-0.05, 0) is 57.4 Å². The molecule has 186 valence electrons. The zero-order valence-electron chi connectivity index (χ0n) is 20.2. The van der Waals surface area contributed by atoms with E-state index in [0.29, 0.717) is 12.0 Å². The molecule has 2 N–H and O–H groups in total. The Morgan fingerprint density at radius 2 is 1.74 bits per heavy atom. The van der Waals surface area contributed by atoms with Crippen molar-refractivity contribution >= 4 is 27.6 Å². The van der Waals surface area contributed by atoms with Gasteiger partial charge >= 0.3 is 5.97 Å². The second-order valence-electron chi connectivity index (χ2n) is 9.48. The van der Waals surface area contributed by atoms with Gasteiger partial charge in [0.05, 0.1) is 29.9 Å². The van der Waals surface area contributed by atoms with Gasteiger partial charge in [0.25, 0.3) is 0 Å². The molecule has 0 aliphatic carbocycles. The molecule has 0 radical (unpaired) electrons. The first-order valence-corrected chi connectivity index (χ1v) is 12.9. The Morgan fingerprint density at radius 3 is 2.29 bits per heavy atom. The lowest BCUT2D eigenvalue weighted by Gasteiger charge is -2.22. The quantitative estimate of drug-likeness (QED) is 0.491. The Labute approximate surface area is 201 Å². The summed E-state index contributed by atoms with van der Waals surface area (Å²) in [5.74, 6) is -2.22. The Balaban J connectivity index is 2.05. The number of carbonyl (C=O) groups excluding carboxylic acids is 2. The highest BCUT2D eigenvalue weighted by Crippen LogP contribution is 2.23. The van der Waals surface area contributed by atoms with Crippen molar-refractivity contribution in [2.24, 2.45) is 11.3 Å². The molecular weight excluding hydrogens is 459 g/mol. The molecule has 2 atom stereocenters. The smallest absolute Gasteiger partial charge is 0.311 e. The van der Waals surface area contributed by atoms with Gasteiger partial charge in [0.1, 0.15) is 5.82 Å². The zero-order chi connectivity index (χ0) is 25.5. The van der Waals surface area contributed by atoms with Crippen LogP contribution in [-0.4, -0.2) is 39.7 Å². The van der Waals surface area contributed by atoms with Crippen molar-refractivity contribution in [2.75, 3.05) is 24.1 Å². The van der Waals surface area contributed by atoms with Crippen molar-refractivity contribution in [3.05, 3.63) is 65.5 Å². The molecule has 0 saturated carbocycles. The number of nitrogens with one attached hydrogen (secondary N) is 2. The SMILES string of the molecule is C[C@H](C(=O)NC[C@@H](COC(=O)C(C)(C)C)Cc1ccccc1)c1ccc(NS(C)(=O)=O)c(F)c1.